The minimum Gasteiger partial charge on any atom is -0.480 e. The zero-order valence-electron chi connectivity index (χ0n) is 20.7. The number of nitrogens with zero attached hydrogens (tertiary/aromatic N) is 2. The lowest BCUT2D eigenvalue weighted by Gasteiger charge is -2.38. The molecule has 1 fully saturated rings. The lowest BCUT2D eigenvalue weighted by Crippen LogP contribution is -2.52. The topological polar surface area (TPSA) is 112 Å². The van der Waals surface area contributed by atoms with Gasteiger partial charge in [-0.25, -0.2) is 9.78 Å². The number of carbonyl (C=O) groups is 3. The number of likely N-dealkylation sites (tertiary alicyclic amines) is 1. The van der Waals surface area contributed by atoms with Gasteiger partial charge in [-0.2, -0.15) is 0 Å². The molecule has 3 heterocycles. The Labute approximate surface area is 202 Å². The molecule has 3 rings (SSSR count). The van der Waals surface area contributed by atoms with Crippen LogP contribution in [0.25, 0.3) is 0 Å². The van der Waals surface area contributed by atoms with Gasteiger partial charge in [-0.15, -0.1) is 0 Å². The maximum Gasteiger partial charge on any atom is 0.326 e. The lowest BCUT2D eigenvalue weighted by atomic mass is 9.79. The summed E-state index contributed by atoms with van der Waals surface area (Å²) in [6, 6.07) is 3.47. The van der Waals surface area contributed by atoms with Crippen LogP contribution in [0.5, 0.6) is 0 Å². The second-order valence-electron chi connectivity index (χ2n) is 10.1. The summed E-state index contributed by atoms with van der Waals surface area (Å²) in [7, 11) is 0. The molecule has 3 N–H and O–H groups in total. The molecule has 2 aliphatic rings. The number of unbranched alkanes of at least 4 members (excludes halogenated alkanes) is 4. The largest absolute Gasteiger partial charge is 0.480 e. The van der Waals surface area contributed by atoms with Gasteiger partial charge >= 0.3 is 5.97 Å². The van der Waals surface area contributed by atoms with Gasteiger partial charge in [-0.05, 0) is 56.6 Å². The average molecular weight is 473 g/mol. The molecule has 8 heteroatoms. The monoisotopic (exact) mass is 472 g/mol. The van der Waals surface area contributed by atoms with Crippen LogP contribution in [0.15, 0.2) is 12.1 Å². The number of carboxylic acid groups (broad SMARTS) is 1. The van der Waals surface area contributed by atoms with Crippen LogP contribution < -0.4 is 10.6 Å². The van der Waals surface area contributed by atoms with Crippen LogP contribution in [0.2, 0.25) is 0 Å². The molecule has 0 aliphatic carbocycles. The van der Waals surface area contributed by atoms with E-state index in [1.54, 1.807) is 4.90 Å². The predicted molar refractivity (Wildman–Crippen MR) is 132 cm³/mol. The molecule has 1 aromatic heterocycles. The van der Waals surface area contributed by atoms with Crippen molar-refractivity contribution in [3.05, 3.63) is 23.4 Å². The fraction of sp³-hybridized carbons (Fsp3) is 0.692. The third-order valence-electron chi connectivity index (χ3n) is 7.34. The SMILES string of the molecule is CC(=O)N1CCC(C)(C(=O)N[C@@H](CCCCCCCc2ccc3c(n2)NCCC3)C(=O)O)CC1. The fourth-order valence-corrected chi connectivity index (χ4v) is 4.83. The number of nitrogens with one attached hydrogen (secondary N) is 2. The number of pyridine rings is 1. The third kappa shape index (κ3) is 7.18. The summed E-state index contributed by atoms with van der Waals surface area (Å²) in [6.45, 7) is 5.47. The van der Waals surface area contributed by atoms with Gasteiger partial charge in [-0.1, -0.05) is 38.7 Å². The van der Waals surface area contributed by atoms with Crippen LogP contribution in [0.3, 0.4) is 0 Å². The molecule has 0 bridgehead atoms. The maximum absolute atomic E-state index is 12.8. The van der Waals surface area contributed by atoms with Crippen molar-refractivity contribution in [1.29, 1.82) is 0 Å². The maximum atomic E-state index is 12.8. The van der Waals surface area contributed by atoms with Gasteiger partial charge < -0.3 is 20.6 Å². The van der Waals surface area contributed by atoms with E-state index in [-0.39, 0.29) is 11.8 Å². The molecule has 1 aromatic rings. The van der Waals surface area contributed by atoms with Crippen LogP contribution >= 0.6 is 0 Å². The number of carbonyl (C=O) groups excluding carboxylic acids is 2. The smallest absolute Gasteiger partial charge is 0.326 e. The Morgan fingerprint density at radius 2 is 1.85 bits per heavy atom. The molecule has 1 atom stereocenters. The Morgan fingerprint density at radius 1 is 1.15 bits per heavy atom. The first-order chi connectivity index (χ1) is 16.3. The van der Waals surface area contributed by atoms with Crippen LogP contribution in [-0.4, -0.2) is 58.5 Å². The minimum absolute atomic E-state index is 0.0156. The summed E-state index contributed by atoms with van der Waals surface area (Å²) >= 11 is 0. The summed E-state index contributed by atoms with van der Waals surface area (Å²) < 4.78 is 0. The summed E-state index contributed by atoms with van der Waals surface area (Å²) in [5.74, 6) is -0.133. The summed E-state index contributed by atoms with van der Waals surface area (Å²) in [4.78, 5) is 42.5. The highest BCUT2D eigenvalue weighted by molar-refractivity contribution is 5.87. The van der Waals surface area contributed by atoms with Crippen molar-refractivity contribution in [2.45, 2.75) is 90.5 Å². The van der Waals surface area contributed by atoms with Crippen molar-refractivity contribution in [1.82, 2.24) is 15.2 Å². The highest BCUT2D eigenvalue weighted by Gasteiger charge is 2.39. The van der Waals surface area contributed by atoms with E-state index in [9.17, 15) is 19.5 Å². The Bertz CT molecular complexity index is 864. The molecule has 0 saturated carbocycles. The standard InChI is InChI=1S/C26H40N4O4/c1-19(31)30-17-14-26(2,15-18-30)25(34)29-22(24(32)33)11-7-5-3-4-6-10-21-13-12-20-9-8-16-27-23(20)28-21/h12-13,22H,3-11,14-18H2,1-2H3,(H,27,28)(H,29,34)(H,32,33)/t22-/m0/s1. The van der Waals surface area contributed by atoms with E-state index >= 15 is 0 Å². The molecule has 0 spiro atoms. The summed E-state index contributed by atoms with van der Waals surface area (Å²) in [6.07, 6.45) is 9.70. The minimum atomic E-state index is -0.981. The van der Waals surface area contributed by atoms with Gasteiger partial charge in [0, 0.05) is 37.7 Å². The predicted octanol–water partition coefficient (Wildman–Crippen LogP) is 3.54. The van der Waals surface area contributed by atoms with E-state index in [1.807, 2.05) is 6.92 Å². The second kappa shape index (κ2) is 12.2. The zero-order valence-corrected chi connectivity index (χ0v) is 20.7. The number of hydrogen-bond acceptors (Lipinski definition) is 5. The molecule has 2 aliphatic heterocycles. The number of aliphatic carboxylic acids is 1. The van der Waals surface area contributed by atoms with Crippen molar-refractivity contribution in [2.24, 2.45) is 5.41 Å². The average Bonchev–Trinajstić information content (AvgIpc) is 2.82. The number of piperidine rings is 1. The van der Waals surface area contributed by atoms with Crippen molar-refractivity contribution >= 4 is 23.6 Å². The quantitative estimate of drug-likeness (QED) is 0.425. The van der Waals surface area contributed by atoms with Gasteiger partial charge in [0.1, 0.15) is 11.9 Å². The number of aromatic nitrogens is 1. The third-order valence-corrected chi connectivity index (χ3v) is 7.34. The van der Waals surface area contributed by atoms with E-state index < -0.39 is 17.4 Å². The molecule has 1 saturated heterocycles. The lowest BCUT2D eigenvalue weighted by molar-refractivity contribution is -0.145. The number of rotatable bonds is 11. The molecule has 2 amide bonds. The first-order valence-corrected chi connectivity index (χ1v) is 12.8. The number of carboxylic acids is 1. The van der Waals surface area contributed by atoms with Gasteiger partial charge in [-0.3, -0.25) is 9.59 Å². The van der Waals surface area contributed by atoms with Gasteiger partial charge in [0.15, 0.2) is 0 Å². The van der Waals surface area contributed by atoms with Crippen molar-refractivity contribution in [2.75, 3.05) is 25.0 Å². The molecule has 34 heavy (non-hydrogen) atoms. The van der Waals surface area contributed by atoms with E-state index in [0.29, 0.717) is 32.4 Å². The Hall–Kier alpha value is -2.64. The van der Waals surface area contributed by atoms with Crippen LogP contribution in [-0.2, 0) is 27.2 Å². The van der Waals surface area contributed by atoms with Gasteiger partial charge in [0.2, 0.25) is 11.8 Å². The van der Waals surface area contributed by atoms with E-state index in [1.165, 1.54) is 18.9 Å². The molecule has 0 unspecified atom stereocenters. The molecule has 188 valence electrons. The normalized spacial score (nSPS) is 17.9. The Kier molecular flexibility index (Phi) is 9.30. The Morgan fingerprint density at radius 3 is 2.56 bits per heavy atom. The first kappa shape index (κ1) is 26.0. The number of hydrogen-bond donors (Lipinski definition) is 3. The Balaban J connectivity index is 1.33. The molecule has 8 nitrogen and oxygen atoms in total. The van der Waals surface area contributed by atoms with Crippen molar-refractivity contribution in [3.63, 3.8) is 0 Å². The van der Waals surface area contributed by atoms with E-state index in [0.717, 1.165) is 63.0 Å². The van der Waals surface area contributed by atoms with Crippen LogP contribution in [0, 0.1) is 5.41 Å². The fourth-order valence-electron chi connectivity index (χ4n) is 4.83. The number of fused-ring (bicyclic) bond motifs is 1. The number of aryl methyl sites for hydroxylation is 2. The molecule has 0 aromatic carbocycles. The first-order valence-electron chi connectivity index (χ1n) is 12.8. The van der Waals surface area contributed by atoms with Gasteiger partial charge in [0.25, 0.3) is 0 Å². The number of amides is 2. The van der Waals surface area contributed by atoms with Crippen molar-refractivity contribution < 1.29 is 19.5 Å². The second-order valence-corrected chi connectivity index (χ2v) is 10.1. The number of anilines is 1. The summed E-state index contributed by atoms with van der Waals surface area (Å²) in [5, 5.41) is 15.7. The van der Waals surface area contributed by atoms with E-state index in [2.05, 4.69) is 22.8 Å². The molecular weight excluding hydrogens is 432 g/mol. The van der Waals surface area contributed by atoms with Crippen LogP contribution in [0.1, 0.15) is 82.9 Å². The van der Waals surface area contributed by atoms with Crippen molar-refractivity contribution in [3.8, 4) is 0 Å². The van der Waals surface area contributed by atoms with Crippen LogP contribution in [0.4, 0.5) is 5.82 Å². The summed E-state index contributed by atoms with van der Waals surface area (Å²) in [5.41, 5.74) is 1.81. The van der Waals surface area contributed by atoms with E-state index in [4.69, 9.17) is 4.98 Å². The molecule has 0 radical (unpaired) electrons. The zero-order chi connectivity index (χ0) is 24.6. The molecular formula is C26H40N4O4. The van der Waals surface area contributed by atoms with Gasteiger partial charge in [0.05, 0.1) is 0 Å². The highest BCUT2D eigenvalue weighted by Crippen LogP contribution is 2.31. The highest BCUT2D eigenvalue weighted by atomic mass is 16.4.